The summed E-state index contributed by atoms with van der Waals surface area (Å²) in [6.07, 6.45) is -3.75. The van der Waals surface area contributed by atoms with Crippen LogP contribution < -0.4 is 4.90 Å². The molecule has 7 heteroatoms. The lowest BCUT2D eigenvalue weighted by Gasteiger charge is -2.18. The average molecular weight is 310 g/mol. The second-order valence-corrected chi connectivity index (χ2v) is 4.87. The Morgan fingerprint density at radius 2 is 1.91 bits per heavy atom. The van der Waals surface area contributed by atoms with Gasteiger partial charge in [0.05, 0.1) is 11.1 Å². The first-order valence-corrected chi connectivity index (χ1v) is 6.28. The van der Waals surface area contributed by atoms with Crippen LogP contribution in [0.3, 0.4) is 0 Å². The topological polar surface area (TPSA) is 53.4 Å². The zero-order chi connectivity index (χ0) is 16.5. The lowest BCUT2D eigenvalue weighted by molar-refractivity contribution is -0.137. The summed E-state index contributed by atoms with van der Waals surface area (Å²) < 4.78 is 38.6. The smallest absolute Gasteiger partial charge is 0.417 e. The number of carbonyl (C=O) groups is 1. The van der Waals surface area contributed by atoms with Crippen molar-refractivity contribution in [3.63, 3.8) is 0 Å². The molecule has 0 unspecified atom stereocenters. The van der Waals surface area contributed by atoms with E-state index in [0.717, 1.165) is 12.3 Å². The van der Waals surface area contributed by atoms with Gasteiger partial charge in [-0.15, -0.1) is 0 Å². The summed E-state index contributed by atoms with van der Waals surface area (Å²) in [5.74, 6) is -0.816. The third-order valence-electron chi connectivity index (χ3n) is 3.04. The van der Waals surface area contributed by atoms with E-state index in [4.69, 9.17) is 5.11 Å². The second-order valence-electron chi connectivity index (χ2n) is 4.87. The van der Waals surface area contributed by atoms with Gasteiger partial charge in [-0.05, 0) is 23.8 Å². The summed E-state index contributed by atoms with van der Waals surface area (Å²) in [6, 6.07) is 6.72. The molecular weight excluding hydrogens is 297 g/mol. The van der Waals surface area contributed by atoms with Crippen LogP contribution in [0.4, 0.5) is 19.0 Å². The first-order chi connectivity index (χ1) is 10.2. The number of hydrogen-bond acceptors (Lipinski definition) is 3. The number of aromatic nitrogens is 1. The third kappa shape index (κ3) is 3.19. The summed E-state index contributed by atoms with van der Waals surface area (Å²) in [6.45, 7) is 0. The minimum absolute atomic E-state index is 0.000354. The quantitative estimate of drug-likeness (QED) is 0.942. The maximum Gasteiger partial charge on any atom is 0.417 e. The minimum Gasteiger partial charge on any atom is -0.478 e. The average Bonchev–Trinajstić information content (AvgIpc) is 2.45. The molecule has 22 heavy (non-hydrogen) atoms. The second kappa shape index (κ2) is 5.67. The molecule has 0 saturated heterocycles. The maximum atomic E-state index is 12.9. The Hall–Kier alpha value is -2.57. The maximum absolute atomic E-state index is 12.9. The van der Waals surface area contributed by atoms with Crippen molar-refractivity contribution in [2.45, 2.75) is 6.18 Å². The predicted octanol–water partition coefficient (Wildman–Crippen LogP) is 3.53. The first kappa shape index (κ1) is 15.8. The molecule has 4 nitrogen and oxygen atoms in total. The van der Waals surface area contributed by atoms with Gasteiger partial charge in [0.2, 0.25) is 0 Å². The lowest BCUT2D eigenvalue weighted by atomic mass is 10.0. The summed E-state index contributed by atoms with van der Waals surface area (Å²) in [4.78, 5) is 16.4. The molecule has 1 N–H and O–H groups in total. The molecule has 0 bridgehead atoms. The molecule has 2 aromatic rings. The van der Waals surface area contributed by atoms with Crippen LogP contribution in [0, 0.1) is 0 Å². The van der Waals surface area contributed by atoms with Crippen molar-refractivity contribution in [3.05, 3.63) is 47.7 Å². The summed E-state index contributed by atoms with van der Waals surface area (Å²) in [5, 5.41) is 9.01. The van der Waals surface area contributed by atoms with E-state index < -0.39 is 17.7 Å². The van der Waals surface area contributed by atoms with Crippen molar-refractivity contribution >= 4 is 11.8 Å². The number of aromatic carboxylic acids is 1. The molecule has 0 aliphatic carbocycles. The molecule has 1 aromatic heterocycles. The first-order valence-electron chi connectivity index (χ1n) is 6.28. The molecule has 0 saturated carbocycles. The molecule has 0 atom stereocenters. The highest BCUT2D eigenvalue weighted by Crippen LogP contribution is 2.35. The van der Waals surface area contributed by atoms with Gasteiger partial charge in [-0.1, -0.05) is 12.1 Å². The van der Waals surface area contributed by atoms with Crippen molar-refractivity contribution < 1.29 is 23.1 Å². The lowest BCUT2D eigenvalue weighted by Crippen LogP contribution is -2.14. The summed E-state index contributed by atoms with van der Waals surface area (Å²) in [5.41, 5.74) is -0.293. The highest BCUT2D eigenvalue weighted by Gasteiger charge is 2.32. The van der Waals surface area contributed by atoms with Crippen LogP contribution in [0.5, 0.6) is 0 Å². The van der Waals surface area contributed by atoms with Crippen LogP contribution in [-0.4, -0.2) is 30.2 Å². The van der Waals surface area contributed by atoms with E-state index in [-0.39, 0.29) is 11.1 Å². The zero-order valence-electron chi connectivity index (χ0n) is 11.8. The van der Waals surface area contributed by atoms with Crippen molar-refractivity contribution in [1.82, 2.24) is 4.98 Å². The highest BCUT2D eigenvalue weighted by molar-refractivity contribution is 5.90. The fourth-order valence-electron chi connectivity index (χ4n) is 2.00. The molecular formula is C15H13F3N2O2. The predicted molar refractivity (Wildman–Crippen MR) is 76.0 cm³/mol. The van der Waals surface area contributed by atoms with E-state index in [2.05, 4.69) is 4.98 Å². The Kier molecular flexibility index (Phi) is 4.07. The Labute approximate surface area is 124 Å². The molecule has 2 rings (SSSR count). The van der Waals surface area contributed by atoms with Gasteiger partial charge in [-0.2, -0.15) is 13.2 Å². The van der Waals surface area contributed by atoms with Gasteiger partial charge in [-0.3, -0.25) is 0 Å². The van der Waals surface area contributed by atoms with Crippen LogP contribution in [0.2, 0.25) is 0 Å². The number of nitrogens with zero attached hydrogens (tertiary/aromatic N) is 2. The van der Waals surface area contributed by atoms with Crippen molar-refractivity contribution in [2.24, 2.45) is 0 Å². The molecule has 116 valence electrons. The third-order valence-corrected chi connectivity index (χ3v) is 3.04. The Balaban J connectivity index is 2.66. The molecule has 1 heterocycles. The molecule has 0 fully saturated rings. The number of halogens is 3. The van der Waals surface area contributed by atoms with E-state index in [1.165, 1.54) is 18.2 Å². The van der Waals surface area contributed by atoms with Gasteiger partial charge < -0.3 is 10.0 Å². The number of carboxylic acid groups (broad SMARTS) is 1. The van der Waals surface area contributed by atoms with Crippen molar-refractivity contribution in [2.75, 3.05) is 19.0 Å². The Morgan fingerprint density at radius 3 is 2.45 bits per heavy atom. The normalized spacial score (nSPS) is 11.3. The van der Waals surface area contributed by atoms with Crippen LogP contribution in [-0.2, 0) is 6.18 Å². The number of pyridine rings is 1. The van der Waals surface area contributed by atoms with Gasteiger partial charge in [-0.25, -0.2) is 9.78 Å². The largest absolute Gasteiger partial charge is 0.478 e. The van der Waals surface area contributed by atoms with Crippen molar-refractivity contribution in [1.29, 1.82) is 0 Å². The summed E-state index contributed by atoms with van der Waals surface area (Å²) >= 11 is 0. The fraction of sp³-hybridized carbons (Fsp3) is 0.200. The van der Waals surface area contributed by atoms with E-state index in [0.29, 0.717) is 11.4 Å². The van der Waals surface area contributed by atoms with Gasteiger partial charge in [0, 0.05) is 25.9 Å². The van der Waals surface area contributed by atoms with Gasteiger partial charge >= 0.3 is 12.1 Å². The van der Waals surface area contributed by atoms with E-state index in [1.54, 1.807) is 25.1 Å². The Bertz CT molecular complexity index is 712. The number of anilines is 1. The standard InChI is InChI=1S/C15H13F3N2O2/c1-20(2)13-12(7-11(8-19-13)15(16,17)18)9-4-3-5-10(6-9)14(21)22/h3-8H,1-2H3,(H,21,22). The monoisotopic (exact) mass is 310 g/mol. The minimum atomic E-state index is -4.52. The zero-order valence-corrected chi connectivity index (χ0v) is 11.8. The van der Waals surface area contributed by atoms with E-state index in [1.807, 2.05) is 0 Å². The highest BCUT2D eigenvalue weighted by atomic mass is 19.4. The van der Waals surface area contributed by atoms with Crippen LogP contribution in [0.15, 0.2) is 36.5 Å². The van der Waals surface area contributed by atoms with E-state index in [9.17, 15) is 18.0 Å². The number of carboxylic acids is 1. The number of benzene rings is 1. The molecule has 0 spiro atoms. The molecule has 1 aromatic carbocycles. The van der Waals surface area contributed by atoms with Crippen LogP contribution in [0.25, 0.3) is 11.1 Å². The van der Waals surface area contributed by atoms with Crippen molar-refractivity contribution in [3.8, 4) is 11.1 Å². The molecule has 0 radical (unpaired) electrons. The SMILES string of the molecule is CN(C)c1ncc(C(F)(F)F)cc1-c1cccc(C(=O)O)c1. The molecule has 0 aliphatic heterocycles. The summed E-state index contributed by atoms with van der Waals surface area (Å²) in [7, 11) is 3.31. The van der Waals surface area contributed by atoms with Gasteiger partial charge in [0.25, 0.3) is 0 Å². The molecule has 0 amide bonds. The van der Waals surface area contributed by atoms with Crippen LogP contribution >= 0.6 is 0 Å². The van der Waals surface area contributed by atoms with Gasteiger partial charge in [0.15, 0.2) is 0 Å². The van der Waals surface area contributed by atoms with Gasteiger partial charge in [0.1, 0.15) is 5.82 Å². The number of hydrogen-bond donors (Lipinski definition) is 1. The number of rotatable bonds is 3. The van der Waals surface area contributed by atoms with E-state index >= 15 is 0 Å². The van der Waals surface area contributed by atoms with Crippen LogP contribution in [0.1, 0.15) is 15.9 Å². The Morgan fingerprint density at radius 1 is 1.23 bits per heavy atom. The number of alkyl halides is 3. The molecule has 0 aliphatic rings. The fourth-order valence-corrected chi connectivity index (χ4v) is 2.00.